The summed E-state index contributed by atoms with van der Waals surface area (Å²) < 4.78 is 0. The molecule has 0 radical (unpaired) electrons. The van der Waals surface area contributed by atoms with Crippen LogP contribution in [0.15, 0.2) is 72.1 Å². The number of aromatic amines is 1. The van der Waals surface area contributed by atoms with Crippen LogP contribution < -0.4 is 70.8 Å². The van der Waals surface area contributed by atoms with Crippen molar-refractivity contribution in [3.05, 3.63) is 83.9 Å². The van der Waals surface area contributed by atoms with Gasteiger partial charge in [-0.15, -0.1) is 0 Å². The van der Waals surface area contributed by atoms with Crippen LogP contribution >= 0.6 is 0 Å². The molecule has 0 spiro atoms. The minimum Gasteiger partial charge on any atom is -0.508 e. The van der Waals surface area contributed by atoms with E-state index in [-0.39, 0.29) is 106 Å². The standard InChI is InChI=1S/C65H104N16O12/c1-36(2)27-45(67)55(83)81-54(40(9)10)63(91)80-53(33-43-34-70-35-72-43)62(90)79-51(31-41-17-12-11-13-18-41)61(89)77-50(30-39(7)8)59(87)76-49(29-38(5)6)58(86)75-48(28-37(3)4)57(85)73-46(19-14-15-25-66)56(84)78-52(32-42-21-23-44(82)24-22-42)60(88)74-47(64(92)93)20-16-26-71-65(68)69/h11-13,17-18,21-24,34-40,45-54,82H,14-16,19-20,25-33,66-67H2,1-10H3,(H,70,72)(H,73,85)(H,74,88)(H,75,86)(H,76,87)(H,77,89)(H,78,84)(H,79,90)(H,80,91)(H,81,83)(H,92,93)(H4,68,69,71)/t45-,46-,47-,48-,49-,50-,51-,52-,53-,54-/m0/s1. The number of carboxylic acids is 1. The van der Waals surface area contributed by atoms with Gasteiger partial charge in [-0.25, -0.2) is 9.78 Å². The van der Waals surface area contributed by atoms with E-state index in [4.69, 9.17) is 22.9 Å². The molecule has 516 valence electrons. The Morgan fingerprint density at radius 1 is 0.484 bits per heavy atom. The highest BCUT2D eigenvalue weighted by Gasteiger charge is 2.37. The van der Waals surface area contributed by atoms with Gasteiger partial charge in [-0.05, 0) is 117 Å². The number of aromatic nitrogens is 2. The van der Waals surface area contributed by atoms with Crippen molar-refractivity contribution in [2.24, 2.45) is 57.5 Å². The number of carbonyl (C=O) groups is 10. The van der Waals surface area contributed by atoms with E-state index in [1.165, 1.54) is 36.8 Å². The number of hydrogen-bond donors (Lipinski definition) is 16. The van der Waals surface area contributed by atoms with Gasteiger partial charge >= 0.3 is 5.97 Å². The van der Waals surface area contributed by atoms with Crippen LogP contribution in [0.25, 0.3) is 0 Å². The molecule has 1 aromatic heterocycles. The van der Waals surface area contributed by atoms with E-state index in [1.54, 1.807) is 44.2 Å². The maximum atomic E-state index is 14.8. The molecule has 3 aromatic rings. The summed E-state index contributed by atoms with van der Waals surface area (Å²) in [5, 5.41) is 44.8. The molecule has 28 nitrogen and oxygen atoms in total. The van der Waals surface area contributed by atoms with Crippen LogP contribution in [0.2, 0.25) is 0 Å². The van der Waals surface area contributed by atoms with E-state index in [1.807, 2.05) is 55.4 Å². The molecule has 0 aliphatic rings. The van der Waals surface area contributed by atoms with Gasteiger partial charge < -0.3 is 86.0 Å². The quantitative estimate of drug-likeness (QED) is 0.0213. The van der Waals surface area contributed by atoms with Crippen LogP contribution in [0.5, 0.6) is 5.75 Å². The summed E-state index contributed by atoms with van der Waals surface area (Å²) in [6.07, 6.45) is 4.12. The first-order valence-corrected chi connectivity index (χ1v) is 32.1. The van der Waals surface area contributed by atoms with Crippen LogP contribution in [0.3, 0.4) is 0 Å². The molecule has 0 unspecified atom stereocenters. The fourth-order valence-electron chi connectivity index (χ4n) is 10.2. The Kier molecular flexibility index (Phi) is 34.1. The van der Waals surface area contributed by atoms with E-state index >= 15 is 0 Å². The van der Waals surface area contributed by atoms with Gasteiger partial charge in [-0.3, -0.25) is 48.1 Å². The molecule has 1 heterocycles. The molecule has 10 atom stereocenters. The summed E-state index contributed by atoms with van der Waals surface area (Å²) >= 11 is 0. The third kappa shape index (κ3) is 29.7. The van der Waals surface area contributed by atoms with Gasteiger partial charge in [0, 0.05) is 37.7 Å². The van der Waals surface area contributed by atoms with Gasteiger partial charge in [0.05, 0.1) is 12.4 Å². The third-order valence-electron chi connectivity index (χ3n) is 15.0. The summed E-state index contributed by atoms with van der Waals surface area (Å²) in [6.45, 7) is 18.6. The molecule has 28 heteroatoms. The average molecular weight is 1300 g/mol. The SMILES string of the molecule is CC(C)C[C@H](NC(=O)[C@H](CC(C)C)NC(=O)[C@H](CC(C)C)NC(=O)[C@H](Cc1ccccc1)NC(=O)[C@H](Cc1cnc[nH]1)NC(=O)[C@@H](NC(=O)[C@@H](N)CC(C)C)C(C)C)C(=O)N[C@@H](CCCCN)C(=O)N[C@@H](Cc1ccc(O)cc1)C(=O)N[C@@H](CCCN=C(N)N)C(=O)O. The average Bonchev–Trinajstić information content (AvgIpc) is 1.48. The topological polar surface area (TPSA) is 465 Å². The Morgan fingerprint density at radius 3 is 1.32 bits per heavy atom. The lowest BCUT2D eigenvalue weighted by Crippen LogP contribution is -2.61. The Balaban J connectivity index is 1.96. The number of carbonyl (C=O) groups excluding carboxylic acids is 9. The first-order valence-electron chi connectivity index (χ1n) is 32.1. The molecule has 0 bridgehead atoms. The highest BCUT2D eigenvalue weighted by atomic mass is 16.4. The van der Waals surface area contributed by atoms with Gasteiger partial charge in [0.25, 0.3) is 0 Å². The number of aromatic hydroxyl groups is 1. The van der Waals surface area contributed by atoms with Crippen LogP contribution in [0.1, 0.15) is 144 Å². The number of phenols is 1. The van der Waals surface area contributed by atoms with Crippen LogP contribution in [-0.4, -0.2) is 159 Å². The lowest BCUT2D eigenvalue weighted by molar-refractivity contribution is -0.142. The second kappa shape index (κ2) is 40.3. The van der Waals surface area contributed by atoms with Gasteiger partial charge in [0.15, 0.2) is 5.96 Å². The molecular formula is C65H104N16O12. The zero-order valence-electron chi connectivity index (χ0n) is 55.6. The van der Waals surface area contributed by atoms with E-state index in [0.717, 1.165) is 0 Å². The normalized spacial score (nSPS) is 14.6. The molecule has 9 amide bonds. The Morgan fingerprint density at radius 2 is 0.892 bits per heavy atom. The number of imidazole rings is 1. The zero-order valence-corrected chi connectivity index (χ0v) is 55.6. The fourth-order valence-corrected chi connectivity index (χ4v) is 10.2. The predicted octanol–water partition coefficient (Wildman–Crippen LogP) is 0.941. The van der Waals surface area contributed by atoms with Crippen molar-refractivity contribution in [1.82, 2.24) is 57.8 Å². The maximum absolute atomic E-state index is 14.8. The summed E-state index contributed by atoms with van der Waals surface area (Å²) in [5.41, 5.74) is 24.4. The molecule has 0 aliphatic carbocycles. The second-order valence-electron chi connectivity index (χ2n) is 25.8. The van der Waals surface area contributed by atoms with Crippen molar-refractivity contribution in [1.29, 1.82) is 0 Å². The number of phenolic OH excluding ortho intramolecular Hbond substituents is 1. The molecule has 20 N–H and O–H groups in total. The van der Waals surface area contributed by atoms with Gasteiger partial charge in [0.1, 0.15) is 60.1 Å². The minimum atomic E-state index is -1.40. The summed E-state index contributed by atoms with van der Waals surface area (Å²) in [5.74, 6) is -9.18. The number of carboxylic acid groups (broad SMARTS) is 1. The number of nitrogens with two attached hydrogens (primary N) is 4. The zero-order chi connectivity index (χ0) is 69.5. The van der Waals surface area contributed by atoms with Crippen molar-refractivity contribution >= 4 is 65.1 Å². The van der Waals surface area contributed by atoms with Crippen LogP contribution in [-0.2, 0) is 67.2 Å². The molecule has 93 heavy (non-hydrogen) atoms. The highest BCUT2D eigenvalue weighted by molar-refractivity contribution is 5.99. The van der Waals surface area contributed by atoms with Crippen molar-refractivity contribution in [3.63, 3.8) is 0 Å². The summed E-state index contributed by atoms with van der Waals surface area (Å²) in [7, 11) is 0. The molecule has 3 rings (SSSR count). The Hall–Kier alpha value is -8.66. The number of amides is 9. The number of benzene rings is 2. The van der Waals surface area contributed by atoms with Gasteiger partial charge in [-0.2, -0.15) is 0 Å². The number of hydrogen-bond acceptors (Lipinski definition) is 15. The number of unbranched alkanes of at least 4 members (excludes halogenated alkanes) is 1. The third-order valence-corrected chi connectivity index (χ3v) is 15.0. The molecule has 0 saturated heterocycles. The number of aliphatic carboxylic acids is 1. The molecule has 0 saturated carbocycles. The number of H-pyrrole nitrogens is 1. The molecule has 0 aliphatic heterocycles. The molecule has 0 fully saturated rings. The minimum absolute atomic E-state index is 0.0364. The smallest absolute Gasteiger partial charge is 0.326 e. The largest absolute Gasteiger partial charge is 0.508 e. The van der Waals surface area contributed by atoms with Crippen molar-refractivity contribution in [2.45, 2.75) is 207 Å². The van der Waals surface area contributed by atoms with Crippen molar-refractivity contribution < 1.29 is 58.2 Å². The number of rotatable bonds is 42. The number of guanidine groups is 1. The lowest BCUT2D eigenvalue weighted by atomic mass is 9.98. The monoisotopic (exact) mass is 1300 g/mol. The Labute approximate surface area is 546 Å². The maximum Gasteiger partial charge on any atom is 0.326 e. The summed E-state index contributed by atoms with van der Waals surface area (Å²) in [6, 6.07) is 2.08. The predicted molar refractivity (Wildman–Crippen MR) is 353 cm³/mol. The van der Waals surface area contributed by atoms with E-state index in [0.29, 0.717) is 36.1 Å². The lowest BCUT2D eigenvalue weighted by Gasteiger charge is -2.30. The first kappa shape index (κ1) is 78.6. The molecular weight excluding hydrogens is 1200 g/mol. The van der Waals surface area contributed by atoms with Crippen molar-refractivity contribution in [2.75, 3.05) is 13.1 Å². The number of aliphatic imine (C=N–C) groups is 1. The van der Waals surface area contributed by atoms with Crippen molar-refractivity contribution in [3.8, 4) is 5.75 Å². The van der Waals surface area contributed by atoms with E-state index < -0.39 is 125 Å². The highest BCUT2D eigenvalue weighted by Crippen LogP contribution is 2.17. The Bertz CT molecular complexity index is 2890. The van der Waals surface area contributed by atoms with Crippen LogP contribution in [0, 0.1) is 29.6 Å². The number of nitrogens with one attached hydrogen (secondary N) is 10. The first-order chi connectivity index (χ1) is 43.9. The fraction of sp³-hybridized carbons (Fsp3) is 0.600. The molecule has 2 aromatic carbocycles. The number of nitrogens with zero attached hydrogens (tertiary/aromatic N) is 2. The van der Waals surface area contributed by atoms with Gasteiger partial charge in [-0.1, -0.05) is 112 Å². The second-order valence-corrected chi connectivity index (χ2v) is 25.8. The van der Waals surface area contributed by atoms with Crippen LogP contribution in [0.4, 0.5) is 0 Å². The van der Waals surface area contributed by atoms with E-state index in [2.05, 4.69) is 62.8 Å². The summed E-state index contributed by atoms with van der Waals surface area (Å²) in [4.78, 5) is 152. The van der Waals surface area contributed by atoms with E-state index in [9.17, 15) is 58.2 Å². The van der Waals surface area contributed by atoms with Gasteiger partial charge in [0.2, 0.25) is 53.2 Å².